The minimum absolute atomic E-state index is 0.139. The fourth-order valence-electron chi connectivity index (χ4n) is 1.55. The van der Waals surface area contributed by atoms with E-state index in [-0.39, 0.29) is 11.4 Å². The highest BCUT2D eigenvalue weighted by Gasteiger charge is 2.13. The number of thiocarbonyl (C=S) groups is 1. The standard InChI is InChI=1S/C13H13N3O2S2/c14-13(19)11-5-3-10(4-6-11)8-16-20(17,18)12-2-1-7-15-9-12/h1-7,9,16H,8H2,(H2,14,19). The number of aromatic nitrogens is 1. The van der Waals surface area contributed by atoms with Gasteiger partial charge in [-0.25, -0.2) is 13.1 Å². The highest BCUT2D eigenvalue weighted by Crippen LogP contribution is 2.08. The summed E-state index contributed by atoms with van der Waals surface area (Å²) >= 11 is 4.85. The van der Waals surface area contributed by atoms with Gasteiger partial charge in [0.05, 0.1) is 0 Å². The summed E-state index contributed by atoms with van der Waals surface area (Å²) in [4.78, 5) is 4.24. The molecule has 0 amide bonds. The SMILES string of the molecule is NC(=S)c1ccc(CNS(=O)(=O)c2cccnc2)cc1. The van der Waals surface area contributed by atoms with E-state index in [2.05, 4.69) is 9.71 Å². The molecule has 0 unspecified atom stereocenters. The van der Waals surface area contributed by atoms with E-state index in [0.29, 0.717) is 4.99 Å². The maximum atomic E-state index is 12.0. The Hall–Kier alpha value is -1.83. The molecule has 5 nitrogen and oxygen atoms in total. The van der Waals surface area contributed by atoms with Crippen LogP contribution >= 0.6 is 12.2 Å². The van der Waals surface area contributed by atoms with E-state index in [1.165, 1.54) is 18.5 Å². The van der Waals surface area contributed by atoms with Crippen molar-refractivity contribution in [2.75, 3.05) is 0 Å². The maximum absolute atomic E-state index is 12.0. The average molecular weight is 307 g/mol. The Morgan fingerprint density at radius 3 is 2.50 bits per heavy atom. The minimum atomic E-state index is -3.55. The van der Waals surface area contributed by atoms with Crippen LogP contribution in [0, 0.1) is 0 Å². The summed E-state index contributed by atoms with van der Waals surface area (Å²) < 4.78 is 26.5. The molecule has 2 rings (SSSR count). The molecule has 2 aromatic rings. The summed E-state index contributed by atoms with van der Waals surface area (Å²) in [7, 11) is -3.55. The van der Waals surface area contributed by atoms with Crippen molar-refractivity contribution in [1.82, 2.24) is 9.71 Å². The predicted molar refractivity (Wildman–Crippen MR) is 80.6 cm³/mol. The Kier molecular flexibility index (Phi) is 4.43. The predicted octanol–water partition coefficient (Wildman–Crippen LogP) is 1.19. The van der Waals surface area contributed by atoms with E-state index >= 15 is 0 Å². The third-order valence-electron chi connectivity index (χ3n) is 2.65. The third kappa shape index (κ3) is 3.60. The van der Waals surface area contributed by atoms with Crippen LogP contribution in [0.2, 0.25) is 0 Å². The van der Waals surface area contributed by atoms with Gasteiger partial charge in [-0.2, -0.15) is 0 Å². The molecule has 0 radical (unpaired) electrons. The monoisotopic (exact) mass is 307 g/mol. The van der Waals surface area contributed by atoms with Gasteiger partial charge < -0.3 is 5.73 Å². The van der Waals surface area contributed by atoms with Gasteiger partial charge in [0.15, 0.2) is 0 Å². The molecule has 0 saturated heterocycles. The summed E-state index contributed by atoms with van der Waals surface area (Å²) in [5, 5.41) is 0. The lowest BCUT2D eigenvalue weighted by Gasteiger charge is -2.07. The Morgan fingerprint density at radius 1 is 1.25 bits per heavy atom. The number of nitrogens with zero attached hydrogens (tertiary/aromatic N) is 1. The van der Waals surface area contributed by atoms with Gasteiger partial charge in [-0.1, -0.05) is 36.5 Å². The zero-order chi connectivity index (χ0) is 14.6. The molecule has 7 heteroatoms. The normalized spacial score (nSPS) is 11.2. The van der Waals surface area contributed by atoms with Crippen LogP contribution in [-0.4, -0.2) is 18.4 Å². The van der Waals surface area contributed by atoms with Crippen molar-refractivity contribution in [1.29, 1.82) is 0 Å². The molecule has 0 spiro atoms. The largest absolute Gasteiger partial charge is 0.389 e. The third-order valence-corrected chi connectivity index (χ3v) is 4.27. The first-order valence-electron chi connectivity index (χ1n) is 5.77. The molecular formula is C13H13N3O2S2. The van der Waals surface area contributed by atoms with Crippen molar-refractivity contribution >= 4 is 27.2 Å². The maximum Gasteiger partial charge on any atom is 0.242 e. The summed E-state index contributed by atoms with van der Waals surface area (Å²) in [6, 6.07) is 10.1. The lowest BCUT2D eigenvalue weighted by atomic mass is 10.1. The topological polar surface area (TPSA) is 85.1 Å². The average Bonchev–Trinajstić information content (AvgIpc) is 2.46. The number of nitrogens with two attached hydrogens (primary N) is 1. The molecular weight excluding hydrogens is 294 g/mol. The Labute approximate surface area is 122 Å². The van der Waals surface area contributed by atoms with Crippen molar-refractivity contribution in [2.45, 2.75) is 11.4 Å². The Morgan fingerprint density at radius 2 is 1.95 bits per heavy atom. The second-order valence-corrected chi connectivity index (χ2v) is 6.28. The molecule has 0 aliphatic heterocycles. The van der Waals surface area contributed by atoms with E-state index in [4.69, 9.17) is 18.0 Å². The van der Waals surface area contributed by atoms with Crippen molar-refractivity contribution in [3.05, 3.63) is 59.9 Å². The van der Waals surface area contributed by atoms with Gasteiger partial charge in [0.1, 0.15) is 9.88 Å². The van der Waals surface area contributed by atoms with E-state index < -0.39 is 10.0 Å². The van der Waals surface area contributed by atoms with Crippen LogP contribution in [0.5, 0.6) is 0 Å². The van der Waals surface area contributed by atoms with Gasteiger partial charge in [-0.3, -0.25) is 4.98 Å². The summed E-state index contributed by atoms with van der Waals surface area (Å²) in [5.74, 6) is 0. The number of rotatable bonds is 5. The van der Waals surface area contributed by atoms with E-state index in [1.54, 1.807) is 30.3 Å². The number of hydrogen-bond donors (Lipinski definition) is 2. The molecule has 0 atom stereocenters. The lowest BCUT2D eigenvalue weighted by Crippen LogP contribution is -2.23. The number of hydrogen-bond acceptors (Lipinski definition) is 4. The first-order chi connectivity index (χ1) is 9.49. The van der Waals surface area contributed by atoms with Crippen LogP contribution in [0.1, 0.15) is 11.1 Å². The molecule has 1 aromatic heterocycles. The van der Waals surface area contributed by atoms with Gasteiger partial charge in [0.2, 0.25) is 10.0 Å². The zero-order valence-electron chi connectivity index (χ0n) is 10.5. The highest BCUT2D eigenvalue weighted by molar-refractivity contribution is 7.89. The minimum Gasteiger partial charge on any atom is -0.389 e. The molecule has 1 heterocycles. The number of pyridine rings is 1. The quantitative estimate of drug-likeness (QED) is 0.811. The highest BCUT2D eigenvalue weighted by atomic mass is 32.2. The van der Waals surface area contributed by atoms with Crippen LogP contribution in [-0.2, 0) is 16.6 Å². The molecule has 104 valence electrons. The smallest absolute Gasteiger partial charge is 0.242 e. The second kappa shape index (κ2) is 6.08. The number of nitrogens with one attached hydrogen (secondary N) is 1. The first-order valence-corrected chi connectivity index (χ1v) is 7.66. The summed E-state index contributed by atoms with van der Waals surface area (Å²) in [5.41, 5.74) is 7.06. The first kappa shape index (κ1) is 14.6. The van der Waals surface area contributed by atoms with Crippen molar-refractivity contribution in [2.24, 2.45) is 5.73 Å². The fraction of sp³-hybridized carbons (Fsp3) is 0.0769. The van der Waals surface area contributed by atoms with E-state index in [0.717, 1.165) is 11.1 Å². The molecule has 1 aromatic carbocycles. The van der Waals surface area contributed by atoms with Gasteiger partial charge in [-0.05, 0) is 17.7 Å². The molecule has 0 aliphatic rings. The molecule has 0 aliphatic carbocycles. The molecule has 0 fully saturated rings. The molecule has 20 heavy (non-hydrogen) atoms. The molecule has 0 bridgehead atoms. The van der Waals surface area contributed by atoms with Crippen LogP contribution in [0.25, 0.3) is 0 Å². The molecule has 0 saturated carbocycles. The number of benzene rings is 1. The van der Waals surface area contributed by atoms with Gasteiger partial charge in [0, 0.05) is 24.5 Å². The Bertz CT molecular complexity index is 698. The van der Waals surface area contributed by atoms with Crippen LogP contribution in [0.15, 0.2) is 53.7 Å². The van der Waals surface area contributed by atoms with E-state index in [1.807, 2.05) is 0 Å². The van der Waals surface area contributed by atoms with E-state index in [9.17, 15) is 8.42 Å². The number of sulfonamides is 1. The second-order valence-electron chi connectivity index (χ2n) is 4.07. The lowest BCUT2D eigenvalue weighted by molar-refractivity contribution is 0.581. The van der Waals surface area contributed by atoms with Crippen molar-refractivity contribution in [3.8, 4) is 0 Å². The molecule has 3 N–H and O–H groups in total. The summed E-state index contributed by atoms with van der Waals surface area (Å²) in [6.07, 6.45) is 2.83. The fourth-order valence-corrected chi connectivity index (χ4v) is 2.67. The van der Waals surface area contributed by atoms with Gasteiger partial charge in [0.25, 0.3) is 0 Å². The van der Waals surface area contributed by atoms with Crippen molar-refractivity contribution in [3.63, 3.8) is 0 Å². The van der Waals surface area contributed by atoms with Crippen LogP contribution in [0.4, 0.5) is 0 Å². The Balaban J connectivity index is 2.07. The van der Waals surface area contributed by atoms with Gasteiger partial charge in [-0.15, -0.1) is 0 Å². The zero-order valence-corrected chi connectivity index (χ0v) is 12.1. The summed E-state index contributed by atoms with van der Waals surface area (Å²) in [6.45, 7) is 0.189. The van der Waals surface area contributed by atoms with Crippen molar-refractivity contribution < 1.29 is 8.42 Å². The van der Waals surface area contributed by atoms with Crippen LogP contribution < -0.4 is 10.5 Å². The van der Waals surface area contributed by atoms with Crippen LogP contribution in [0.3, 0.4) is 0 Å². The van der Waals surface area contributed by atoms with Gasteiger partial charge >= 0.3 is 0 Å².